The number of fused-ring (bicyclic) bond motifs is 1. The van der Waals surface area contributed by atoms with Gasteiger partial charge in [0.2, 0.25) is 0 Å². The topological polar surface area (TPSA) is 23.8 Å². The second kappa shape index (κ2) is 16.5. The van der Waals surface area contributed by atoms with Crippen molar-refractivity contribution in [2.75, 3.05) is 0 Å². The average Bonchev–Trinajstić information content (AvgIpc) is 2.77. The smallest absolute Gasteiger partial charge is 1.00 e. The first-order chi connectivity index (χ1) is 9.84. The molecule has 4 radical (unpaired) electrons. The molecule has 0 unspecified atom stereocenters. The van der Waals surface area contributed by atoms with Crippen molar-refractivity contribution in [3.05, 3.63) is 86.8 Å². The van der Waals surface area contributed by atoms with Gasteiger partial charge in [0.1, 0.15) is 0 Å². The summed E-state index contributed by atoms with van der Waals surface area (Å²) in [5, 5.41) is 2.69. The molecule has 5 heteroatoms. The summed E-state index contributed by atoms with van der Waals surface area (Å²) in [5.41, 5.74) is 10.6. The number of benzene rings is 2. The summed E-state index contributed by atoms with van der Waals surface area (Å²) in [5.74, 6) is 0. The Morgan fingerprint density at radius 1 is 0.852 bits per heavy atom. The summed E-state index contributed by atoms with van der Waals surface area (Å²) >= 11 is 0. The molecular formula is C22H29Cl2NSiTi-4. The van der Waals surface area contributed by atoms with E-state index in [9.17, 15) is 0 Å². The SMILES string of the molecule is CC(C)(C)[NH-].Cc1cc2c(-c3ccccc3)cccc2[cH-]1.[CH3-].[CH3-].[Cl-].[Cl-].[Si].[Ti+2]. The number of hydrogen-bond acceptors (Lipinski definition) is 0. The Hall–Kier alpha value is -0.479. The summed E-state index contributed by atoms with van der Waals surface area (Å²) in [6.45, 7) is 7.71. The molecule has 0 aliphatic rings. The predicted octanol–water partition coefficient (Wildman–Crippen LogP) is 0.897. The van der Waals surface area contributed by atoms with Crippen LogP contribution in [0.4, 0.5) is 0 Å². The molecule has 27 heavy (non-hydrogen) atoms. The largest absolute Gasteiger partial charge is 2.00 e. The van der Waals surface area contributed by atoms with Crippen LogP contribution in [0.3, 0.4) is 0 Å². The Kier molecular flexibility index (Phi) is 22.8. The molecule has 0 aliphatic heterocycles. The second-order valence-electron chi connectivity index (χ2n) is 6.46. The van der Waals surface area contributed by atoms with Crippen LogP contribution in [-0.2, 0) is 21.7 Å². The first kappa shape index (κ1) is 37.3. The maximum absolute atomic E-state index is 6.94. The fraction of sp³-hybridized carbons (Fsp3) is 0.227. The van der Waals surface area contributed by atoms with E-state index in [-0.39, 0.29) is 77.9 Å². The van der Waals surface area contributed by atoms with E-state index in [1.165, 1.54) is 27.5 Å². The van der Waals surface area contributed by atoms with Gasteiger partial charge in [-0.1, -0.05) is 69.7 Å². The van der Waals surface area contributed by atoms with Crippen LogP contribution in [0.25, 0.3) is 27.6 Å². The van der Waals surface area contributed by atoms with Crippen LogP contribution >= 0.6 is 0 Å². The maximum Gasteiger partial charge on any atom is 2.00 e. The van der Waals surface area contributed by atoms with Gasteiger partial charge >= 0.3 is 21.7 Å². The van der Waals surface area contributed by atoms with Gasteiger partial charge in [0.25, 0.3) is 0 Å². The number of halogens is 2. The minimum atomic E-state index is -0.250. The van der Waals surface area contributed by atoms with Crippen molar-refractivity contribution < 1.29 is 46.5 Å². The second-order valence-corrected chi connectivity index (χ2v) is 6.46. The van der Waals surface area contributed by atoms with Crippen molar-refractivity contribution >= 4 is 21.7 Å². The van der Waals surface area contributed by atoms with Gasteiger partial charge < -0.3 is 45.4 Å². The van der Waals surface area contributed by atoms with E-state index >= 15 is 0 Å². The van der Waals surface area contributed by atoms with Crippen molar-refractivity contribution in [2.45, 2.75) is 33.2 Å². The Morgan fingerprint density at radius 2 is 1.33 bits per heavy atom. The Balaban J connectivity index is -0.000000133. The molecule has 1 N–H and O–H groups in total. The zero-order valence-electron chi connectivity index (χ0n) is 17.0. The molecule has 3 aromatic rings. The van der Waals surface area contributed by atoms with Gasteiger partial charge in [-0.15, -0.1) is 40.1 Å². The van der Waals surface area contributed by atoms with Gasteiger partial charge in [0.15, 0.2) is 0 Å². The van der Waals surface area contributed by atoms with Crippen molar-refractivity contribution in [3.8, 4) is 11.1 Å². The molecule has 1 nitrogen and oxygen atoms in total. The van der Waals surface area contributed by atoms with E-state index in [1.54, 1.807) is 0 Å². The first-order valence-electron chi connectivity index (χ1n) is 7.31. The van der Waals surface area contributed by atoms with E-state index in [1.807, 2.05) is 20.8 Å². The third-order valence-corrected chi connectivity index (χ3v) is 2.98. The Labute approximate surface area is 198 Å². The molecule has 0 saturated heterocycles. The van der Waals surface area contributed by atoms with Gasteiger partial charge in [-0.05, 0) is 5.56 Å². The molecule has 0 saturated carbocycles. The molecule has 0 aliphatic carbocycles. The molecule has 0 bridgehead atoms. The van der Waals surface area contributed by atoms with Crippen LogP contribution in [0.15, 0.2) is 60.7 Å². The quantitative estimate of drug-likeness (QED) is 0.386. The van der Waals surface area contributed by atoms with Crippen LogP contribution in [0.1, 0.15) is 26.3 Å². The average molecular weight is 454 g/mol. The van der Waals surface area contributed by atoms with Crippen LogP contribution in [0, 0.1) is 21.8 Å². The standard InChI is InChI=1S/C16H13.C4H10N.2CH3.2ClH.Si.Ti/c1-12-10-14-8-5-9-15(16(14)11-12)13-6-3-2-4-7-13;1-4(2,3)5;;;;;;/h2-11H,1H3;5H,1-3H3;2*1H3;2*1H;;/q4*-1;;;;+2/p-2. The fourth-order valence-electron chi connectivity index (χ4n) is 2.25. The van der Waals surface area contributed by atoms with E-state index in [0.717, 1.165) is 0 Å². The van der Waals surface area contributed by atoms with Crippen LogP contribution < -0.4 is 24.8 Å². The zero-order chi connectivity index (χ0) is 15.5. The molecule has 0 atom stereocenters. The van der Waals surface area contributed by atoms with Crippen molar-refractivity contribution in [1.82, 2.24) is 0 Å². The van der Waals surface area contributed by atoms with E-state index in [2.05, 4.69) is 67.6 Å². The van der Waals surface area contributed by atoms with Crippen LogP contribution in [-0.4, -0.2) is 16.5 Å². The summed E-state index contributed by atoms with van der Waals surface area (Å²) < 4.78 is 0. The molecule has 0 spiro atoms. The predicted molar refractivity (Wildman–Crippen MR) is 112 cm³/mol. The van der Waals surface area contributed by atoms with Gasteiger partial charge in [0, 0.05) is 11.0 Å². The number of aryl methyl sites for hydroxylation is 1. The molecule has 0 amide bonds. The molecule has 148 valence electrons. The Bertz CT molecular complexity index is 716. The third-order valence-electron chi connectivity index (χ3n) is 2.98. The number of rotatable bonds is 1. The molecule has 3 aromatic carbocycles. The van der Waals surface area contributed by atoms with Crippen LogP contribution in [0.5, 0.6) is 0 Å². The maximum atomic E-state index is 6.94. The molecular weight excluding hydrogens is 425 g/mol. The summed E-state index contributed by atoms with van der Waals surface area (Å²) in [6, 6.07) is 21.6. The fourth-order valence-corrected chi connectivity index (χ4v) is 2.25. The van der Waals surface area contributed by atoms with Gasteiger partial charge in [-0.3, -0.25) is 0 Å². The van der Waals surface area contributed by atoms with Crippen molar-refractivity contribution in [1.29, 1.82) is 0 Å². The van der Waals surface area contributed by atoms with E-state index in [4.69, 9.17) is 5.73 Å². The van der Waals surface area contributed by atoms with Gasteiger partial charge in [-0.2, -0.15) is 6.07 Å². The van der Waals surface area contributed by atoms with Crippen LogP contribution in [0.2, 0.25) is 0 Å². The third kappa shape index (κ3) is 12.6. The summed E-state index contributed by atoms with van der Waals surface area (Å²) in [7, 11) is 0. The minimum absolute atomic E-state index is 0. The van der Waals surface area contributed by atoms with Gasteiger partial charge in [0.05, 0.1) is 0 Å². The van der Waals surface area contributed by atoms with Gasteiger partial charge in [-0.25, -0.2) is 0 Å². The molecule has 3 rings (SSSR count). The van der Waals surface area contributed by atoms with Crippen molar-refractivity contribution in [3.63, 3.8) is 0 Å². The molecule has 0 heterocycles. The Morgan fingerprint density at radius 3 is 1.81 bits per heavy atom. The monoisotopic (exact) mass is 453 g/mol. The van der Waals surface area contributed by atoms with E-state index in [0.29, 0.717) is 0 Å². The summed E-state index contributed by atoms with van der Waals surface area (Å²) in [4.78, 5) is 0. The summed E-state index contributed by atoms with van der Waals surface area (Å²) in [6.07, 6.45) is 0. The first-order valence-corrected chi connectivity index (χ1v) is 7.31. The zero-order valence-corrected chi connectivity index (χ0v) is 21.1. The minimum Gasteiger partial charge on any atom is -1.00 e. The van der Waals surface area contributed by atoms with Crippen molar-refractivity contribution in [2.24, 2.45) is 0 Å². The number of hydrogen-bond donors (Lipinski definition) is 0. The normalized spacial score (nSPS) is 8.63. The molecule has 0 fully saturated rings. The van der Waals surface area contributed by atoms with E-state index < -0.39 is 0 Å². The number of nitrogens with one attached hydrogen (secondary N) is 1. The molecule has 0 aromatic heterocycles.